The largest absolute Gasteiger partial charge is 0.506 e. The molecular formula is C15H22BrN3O2. The normalized spacial score (nSPS) is 16.9. The summed E-state index contributed by atoms with van der Waals surface area (Å²) in [6.45, 7) is 2.99. The van der Waals surface area contributed by atoms with Crippen LogP contribution in [0.5, 0.6) is 5.75 Å². The van der Waals surface area contributed by atoms with Gasteiger partial charge in [-0.1, -0.05) is 12.1 Å². The zero-order chi connectivity index (χ0) is 15.2. The molecule has 0 unspecified atom stereocenters. The second-order valence-corrected chi connectivity index (χ2v) is 6.21. The van der Waals surface area contributed by atoms with Gasteiger partial charge in [0.25, 0.3) is 0 Å². The zero-order valence-corrected chi connectivity index (χ0v) is 13.8. The van der Waals surface area contributed by atoms with Crippen molar-refractivity contribution >= 4 is 21.8 Å². The Morgan fingerprint density at radius 2 is 2.14 bits per heavy atom. The summed E-state index contributed by atoms with van der Waals surface area (Å²) in [5.41, 5.74) is 0.900. The molecule has 1 heterocycles. The maximum Gasteiger partial charge on any atom is 0.233 e. The molecule has 0 saturated carbocycles. The van der Waals surface area contributed by atoms with Gasteiger partial charge in [-0.3, -0.25) is 9.69 Å². The van der Waals surface area contributed by atoms with E-state index in [1.54, 1.807) is 7.05 Å². The minimum absolute atomic E-state index is 0.0699. The molecule has 5 nitrogen and oxygen atoms in total. The summed E-state index contributed by atoms with van der Waals surface area (Å²) in [7, 11) is 1.67. The highest BCUT2D eigenvalue weighted by molar-refractivity contribution is 9.10. The number of halogens is 1. The maximum atomic E-state index is 11.3. The number of amides is 1. The number of rotatable bonds is 5. The van der Waals surface area contributed by atoms with Gasteiger partial charge in [-0.2, -0.15) is 0 Å². The topological polar surface area (TPSA) is 64.6 Å². The van der Waals surface area contributed by atoms with Crippen LogP contribution in [0.15, 0.2) is 22.7 Å². The van der Waals surface area contributed by atoms with Gasteiger partial charge < -0.3 is 15.7 Å². The molecule has 116 valence electrons. The number of carbonyl (C=O) groups is 1. The van der Waals surface area contributed by atoms with Crippen molar-refractivity contribution in [3.05, 3.63) is 28.2 Å². The van der Waals surface area contributed by atoms with Crippen LogP contribution in [-0.2, 0) is 11.3 Å². The molecule has 0 spiro atoms. The summed E-state index contributed by atoms with van der Waals surface area (Å²) < 4.78 is 0.724. The van der Waals surface area contributed by atoms with E-state index in [0.29, 0.717) is 24.9 Å². The van der Waals surface area contributed by atoms with Crippen LogP contribution in [0.4, 0.5) is 0 Å². The molecule has 1 saturated heterocycles. The van der Waals surface area contributed by atoms with E-state index in [-0.39, 0.29) is 5.91 Å². The number of hydrogen-bond donors (Lipinski definition) is 3. The number of phenols is 1. The summed E-state index contributed by atoms with van der Waals surface area (Å²) in [4.78, 5) is 13.5. The van der Waals surface area contributed by atoms with Crippen LogP contribution in [0.3, 0.4) is 0 Å². The molecule has 3 N–H and O–H groups in total. The lowest BCUT2D eigenvalue weighted by molar-refractivity contribution is -0.122. The Kier molecular flexibility index (Phi) is 6.02. The van der Waals surface area contributed by atoms with E-state index in [1.165, 1.54) is 0 Å². The quantitative estimate of drug-likeness (QED) is 0.747. The summed E-state index contributed by atoms with van der Waals surface area (Å²) in [5, 5.41) is 16.1. The standard InChI is InChI=1S/C15H22BrN3O2/c1-17-14(20)10-19-7-5-12(6-8-19)18-9-11-3-2-4-13(16)15(11)21/h2-4,12,18,21H,5-10H2,1H3,(H,17,20). The molecule has 0 atom stereocenters. The molecule has 0 aromatic heterocycles. The highest BCUT2D eigenvalue weighted by Crippen LogP contribution is 2.27. The van der Waals surface area contributed by atoms with Gasteiger partial charge in [0.2, 0.25) is 5.91 Å². The smallest absolute Gasteiger partial charge is 0.233 e. The van der Waals surface area contributed by atoms with Gasteiger partial charge in [0.15, 0.2) is 0 Å². The molecule has 1 aliphatic rings. The van der Waals surface area contributed by atoms with Crippen LogP contribution < -0.4 is 10.6 Å². The molecule has 1 fully saturated rings. The first-order valence-corrected chi connectivity index (χ1v) is 8.02. The Labute approximate surface area is 133 Å². The van der Waals surface area contributed by atoms with Crippen molar-refractivity contribution in [2.45, 2.75) is 25.4 Å². The molecule has 6 heteroatoms. The lowest BCUT2D eigenvalue weighted by Crippen LogP contribution is -2.45. The summed E-state index contributed by atoms with van der Waals surface area (Å²) in [6.07, 6.45) is 2.04. The third-order valence-electron chi connectivity index (χ3n) is 3.89. The first-order chi connectivity index (χ1) is 10.1. The van der Waals surface area contributed by atoms with E-state index >= 15 is 0 Å². The fourth-order valence-corrected chi connectivity index (χ4v) is 2.94. The van der Waals surface area contributed by atoms with Crippen LogP contribution in [0.25, 0.3) is 0 Å². The van der Waals surface area contributed by atoms with Crippen LogP contribution in [0, 0.1) is 0 Å². The fourth-order valence-electron chi connectivity index (χ4n) is 2.53. The van der Waals surface area contributed by atoms with Crippen LogP contribution in [0.1, 0.15) is 18.4 Å². The molecule has 1 amide bonds. The maximum absolute atomic E-state index is 11.3. The summed E-state index contributed by atoms with van der Waals surface area (Å²) in [6, 6.07) is 6.11. The third kappa shape index (κ3) is 4.69. The number of likely N-dealkylation sites (N-methyl/N-ethyl adjacent to an activating group) is 1. The molecule has 0 bridgehead atoms. The number of nitrogens with zero attached hydrogens (tertiary/aromatic N) is 1. The second kappa shape index (κ2) is 7.77. The van der Waals surface area contributed by atoms with Crippen molar-refractivity contribution in [3.8, 4) is 5.75 Å². The van der Waals surface area contributed by atoms with Gasteiger partial charge in [-0.05, 0) is 34.8 Å². The first-order valence-electron chi connectivity index (χ1n) is 7.23. The molecule has 1 aromatic rings. The number of nitrogens with one attached hydrogen (secondary N) is 2. The van der Waals surface area contributed by atoms with Crippen molar-refractivity contribution in [1.29, 1.82) is 0 Å². The molecule has 2 rings (SSSR count). The number of phenolic OH excluding ortho intramolecular Hbond substituents is 1. The van der Waals surface area contributed by atoms with Gasteiger partial charge in [0.1, 0.15) is 5.75 Å². The molecule has 0 radical (unpaired) electrons. The number of benzene rings is 1. The van der Waals surface area contributed by atoms with E-state index in [0.717, 1.165) is 36.0 Å². The molecule has 21 heavy (non-hydrogen) atoms. The number of para-hydroxylation sites is 1. The lowest BCUT2D eigenvalue weighted by atomic mass is 10.0. The number of piperidine rings is 1. The Hall–Kier alpha value is -1.11. The minimum Gasteiger partial charge on any atom is -0.506 e. The van der Waals surface area contributed by atoms with Crippen LogP contribution in [-0.4, -0.2) is 48.6 Å². The summed E-state index contributed by atoms with van der Waals surface area (Å²) >= 11 is 3.33. The highest BCUT2D eigenvalue weighted by Gasteiger charge is 2.20. The number of hydrogen-bond acceptors (Lipinski definition) is 4. The molecule has 1 aromatic carbocycles. The fraction of sp³-hybridized carbons (Fsp3) is 0.533. The summed E-state index contributed by atoms with van der Waals surface area (Å²) in [5.74, 6) is 0.377. The monoisotopic (exact) mass is 355 g/mol. The van der Waals surface area contributed by atoms with E-state index < -0.39 is 0 Å². The minimum atomic E-state index is 0.0699. The Bertz CT molecular complexity index is 488. The number of likely N-dealkylation sites (tertiary alicyclic amines) is 1. The molecular weight excluding hydrogens is 334 g/mol. The second-order valence-electron chi connectivity index (χ2n) is 5.35. The predicted octanol–water partition coefficient (Wildman–Crippen LogP) is 1.45. The third-order valence-corrected chi connectivity index (χ3v) is 4.53. The van der Waals surface area contributed by atoms with Crippen molar-refractivity contribution in [1.82, 2.24) is 15.5 Å². The Balaban J connectivity index is 1.76. The van der Waals surface area contributed by atoms with Gasteiger partial charge in [0, 0.05) is 38.3 Å². The Morgan fingerprint density at radius 3 is 2.81 bits per heavy atom. The van der Waals surface area contributed by atoms with Crippen LogP contribution in [0.2, 0.25) is 0 Å². The van der Waals surface area contributed by atoms with Gasteiger partial charge >= 0.3 is 0 Å². The number of aromatic hydroxyl groups is 1. The zero-order valence-electron chi connectivity index (χ0n) is 12.2. The SMILES string of the molecule is CNC(=O)CN1CCC(NCc2cccc(Br)c2O)CC1. The Morgan fingerprint density at radius 1 is 1.43 bits per heavy atom. The van der Waals surface area contributed by atoms with Crippen molar-refractivity contribution in [2.24, 2.45) is 0 Å². The predicted molar refractivity (Wildman–Crippen MR) is 86.2 cm³/mol. The van der Waals surface area contributed by atoms with Gasteiger partial charge in [-0.15, -0.1) is 0 Å². The number of carbonyl (C=O) groups excluding carboxylic acids is 1. The lowest BCUT2D eigenvalue weighted by Gasteiger charge is -2.32. The molecule has 0 aliphatic carbocycles. The van der Waals surface area contributed by atoms with E-state index in [2.05, 4.69) is 31.5 Å². The van der Waals surface area contributed by atoms with Gasteiger partial charge in [-0.25, -0.2) is 0 Å². The average molecular weight is 356 g/mol. The first kappa shape index (κ1) is 16.3. The van der Waals surface area contributed by atoms with Crippen LogP contribution >= 0.6 is 15.9 Å². The van der Waals surface area contributed by atoms with Crippen molar-refractivity contribution in [2.75, 3.05) is 26.7 Å². The van der Waals surface area contributed by atoms with Crippen molar-refractivity contribution < 1.29 is 9.90 Å². The van der Waals surface area contributed by atoms with E-state index in [1.807, 2.05) is 18.2 Å². The molecule has 1 aliphatic heterocycles. The van der Waals surface area contributed by atoms with E-state index in [9.17, 15) is 9.90 Å². The average Bonchev–Trinajstić information content (AvgIpc) is 2.50. The van der Waals surface area contributed by atoms with E-state index in [4.69, 9.17) is 0 Å². The van der Waals surface area contributed by atoms with Gasteiger partial charge in [0.05, 0.1) is 11.0 Å². The highest BCUT2D eigenvalue weighted by atomic mass is 79.9. The van der Waals surface area contributed by atoms with Crippen molar-refractivity contribution in [3.63, 3.8) is 0 Å².